The van der Waals surface area contributed by atoms with Gasteiger partial charge in [-0.2, -0.15) is 0 Å². The number of H-pyrrole nitrogens is 1. The quantitative estimate of drug-likeness (QED) is 0.600. The fraction of sp³-hybridized carbons (Fsp3) is 0.333. The lowest BCUT2D eigenvalue weighted by Crippen LogP contribution is -3.09. The Morgan fingerprint density at radius 3 is 2.31 bits per heavy atom. The standard InChI is InChI=1S/C21H24FN3O4/c1-5-25(11-13-6-7-17(27-2)15(22)8-13)12-20-23-16-10-19(29-4)18(28-3)9-14(16)21(26)24-20/h6-10H,5,11-12H2,1-4H3,(H,23,24,26)/p+1. The van der Waals surface area contributed by atoms with Crippen molar-refractivity contribution in [3.8, 4) is 17.2 Å². The van der Waals surface area contributed by atoms with Crippen molar-refractivity contribution in [2.75, 3.05) is 27.9 Å². The summed E-state index contributed by atoms with van der Waals surface area (Å²) in [4.78, 5) is 21.1. The van der Waals surface area contributed by atoms with Crippen LogP contribution in [0.3, 0.4) is 0 Å². The van der Waals surface area contributed by atoms with E-state index in [-0.39, 0.29) is 11.3 Å². The Labute approximate surface area is 168 Å². The van der Waals surface area contributed by atoms with Crippen molar-refractivity contribution in [2.24, 2.45) is 0 Å². The van der Waals surface area contributed by atoms with Gasteiger partial charge in [-0.25, -0.2) is 9.37 Å². The molecule has 8 heteroatoms. The number of quaternary nitrogens is 1. The highest BCUT2D eigenvalue weighted by molar-refractivity contribution is 5.81. The van der Waals surface area contributed by atoms with E-state index in [0.29, 0.717) is 41.3 Å². The zero-order valence-electron chi connectivity index (χ0n) is 17.0. The molecule has 0 aliphatic carbocycles. The minimum atomic E-state index is -0.390. The number of benzene rings is 2. The summed E-state index contributed by atoms with van der Waals surface area (Å²) in [5.74, 6) is 1.37. The Kier molecular flexibility index (Phi) is 6.33. The van der Waals surface area contributed by atoms with Gasteiger partial charge in [0, 0.05) is 11.6 Å². The van der Waals surface area contributed by atoms with Crippen LogP contribution in [0.2, 0.25) is 0 Å². The average Bonchev–Trinajstić information content (AvgIpc) is 2.72. The third-order valence-electron chi connectivity index (χ3n) is 4.85. The molecule has 0 amide bonds. The monoisotopic (exact) mass is 402 g/mol. The number of hydrogen-bond donors (Lipinski definition) is 2. The summed E-state index contributed by atoms with van der Waals surface area (Å²) in [6, 6.07) is 8.24. The van der Waals surface area contributed by atoms with Crippen LogP contribution in [-0.2, 0) is 13.1 Å². The summed E-state index contributed by atoms with van der Waals surface area (Å²) in [6.45, 7) is 3.89. The minimum absolute atomic E-state index is 0.219. The highest BCUT2D eigenvalue weighted by Gasteiger charge is 2.15. The molecular formula is C21H25FN3O4+. The molecule has 1 aromatic heterocycles. The van der Waals surface area contributed by atoms with E-state index in [9.17, 15) is 9.18 Å². The number of nitrogens with one attached hydrogen (secondary N) is 2. The second-order valence-corrected chi connectivity index (χ2v) is 6.66. The SMILES string of the molecule is CC[NH+](Cc1ccc(OC)c(F)c1)Cc1nc2cc(OC)c(OC)cc2c(=O)[nH]1. The van der Waals surface area contributed by atoms with Gasteiger partial charge < -0.3 is 24.1 Å². The molecule has 2 aromatic carbocycles. The maximum absolute atomic E-state index is 14.0. The molecule has 3 aromatic rings. The van der Waals surface area contributed by atoms with E-state index >= 15 is 0 Å². The molecule has 0 aliphatic rings. The smallest absolute Gasteiger partial charge is 0.259 e. The number of aromatic nitrogens is 2. The normalized spacial score (nSPS) is 12.0. The van der Waals surface area contributed by atoms with Crippen molar-refractivity contribution in [2.45, 2.75) is 20.0 Å². The number of hydrogen-bond acceptors (Lipinski definition) is 5. The summed E-state index contributed by atoms with van der Waals surface area (Å²) in [6.07, 6.45) is 0. The summed E-state index contributed by atoms with van der Waals surface area (Å²) in [7, 11) is 4.49. The van der Waals surface area contributed by atoms with E-state index in [0.717, 1.165) is 17.0 Å². The Balaban J connectivity index is 1.87. The van der Waals surface area contributed by atoms with E-state index in [4.69, 9.17) is 14.2 Å². The zero-order valence-corrected chi connectivity index (χ0v) is 17.0. The molecule has 0 radical (unpaired) electrons. The number of aromatic amines is 1. The lowest BCUT2D eigenvalue weighted by atomic mass is 10.2. The van der Waals surface area contributed by atoms with Gasteiger partial charge in [0.25, 0.3) is 5.56 Å². The molecule has 1 unspecified atom stereocenters. The van der Waals surface area contributed by atoms with E-state index in [1.165, 1.54) is 27.4 Å². The maximum Gasteiger partial charge on any atom is 0.259 e. The molecule has 7 nitrogen and oxygen atoms in total. The number of rotatable bonds is 8. The van der Waals surface area contributed by atoms with E-state index < -0.39 is 5.82 Å². The first-order valence-electron chi connectivity index (χ1n) is 9.30. The second kappa shape index (κ2) is 8.91. The molecule has 1 heterocycles. The molecular weight excluding hydrogens is 377 g/mol. The first-order chi connectivity index (χ1) is 14.0. The largest absolute Gasteiger partial charge is 0.494 e. The number of fused-ring (bicyclic) bond motifs is 1. The van der Waals surface area contributed by atoms with Crippen LogP contribution in [0.5, 0.6) is 17.2 Å². The van der Waals surface area contributed by atoms with Crippen LogP contribution in [0.25, 0.3) is 10.9 Å². The Hall–Kier alpha value is -3.13. The van der Waals surface area contributed by atoms with Crippen LogP contribution in [-0.4, -0.2) is 37.8 Å². The fourth-order valence-corrected chi connectivity index (χ4v) is 3.26. The van der Waals surface area contributed by atoms with Crippen LogP contribution >= 0.6 is 0 Å². The molecule has 154 valence electrons. The number of ether oxygens (including phenoxy) is 3. The third-order valence-corrected chi connectivity index (χ3v) is 4.85. The maximum atomic E-state index is 14.0. The zero-order chi connectivity index (χ0) is 21.0. The van der Waals surface area contributed by atoms with Crippen LogP contribution in [0.15, 0.2) is 35.1 Å². The summed E-state index contributed by atoms with van der Waals surface area (Å²) >= 11 is 0. The Bertz CT molecular complexity index is 1070. The molecule has 29 heavy (non-hydrogen) atoms. The molecule has 0 bridgehead atoms. The highest BCUT2D eigenvalue weighted by atomic mass is 19.1. The Morgan fingerprint density at radius 1 is 1.00 bits per heavy atom. The van der Waals surface area contributed by atoms with Crippen LogP contribution < -0.4 is 24.7 Å². The van der Waals surface area contributed by atoms with Gasteiger partial charge in [-0.1, -0.05) is 0 Å². The molecule has 0 aliphatic heterocycles. The van der Waals surface area contributed by atoms with E-state index in [2.05, 4.69) is 9.97 Å². The van der Waals surface area contributed by atoms with Crippen molar-refractivity contribution in [3.05, 3.63) is 57.9 Å². The van der Waals surface area contributed by atoms with Gasteiger partial charge in [0.15, 0.2) is 28.9 Å². The van der Waals surface area contributed by atoms with Crippen molar-refractivity contribution in [3.63, 3.8) is 0 Å². The first-order valence-corrected chi connectivity index (χ1v) is 9.30. The van der Waals surface area contributed by atoms with Crippen LogP contribution in [0.1, 0.15) is 18.3 Å². The molecule has 0 fully saturated rings. The number of methoxy groups -OCH3 is 3. The van der Waals surface area contributed by atoms with E-state index in [1.807, 2.05) is 13.0 Å². The molecule has 0 saturated carbocycles. The number of nitrogens with zero attached hydrogens (tertiary/aromatic N) is 1. The van der Waals surface area contributed by atoms with E-state index in [1.54, 1.807) is 18.2 Å². The summed E-state index contributed by atoms with van der Waals surface area (Å²) in [5.41, 5.74) is 1.14. The predicted octanol–water partition coefficient (Wildman–Crippen LogP) is 1.69. The third kappa shape index (κ3) is 4.48. The topological polar surface area (TPSA) is 77.9 Å². The minimum Gasteiger partial charge on any atom is -0.494 e. The average molecular weight is 402 g/mol. The van der Waals surface area contributed by atoms with Crippen LogP contribution in [0.4, 0.5) is 4.39 Å². The van der Waals surface area contributed by atoms with Gasteiger partial charge in [0.05, 0.1) is 38.8 Å². The molecule has 0 spiro atoms. The van der Waals surface area contributed by atoms with Gasteiger partial charge in [0.2, 0.25) is 0 Å². The molecule has 2 N–H and O–H groups in total. The highest BCUT2D eigenvalue weighted by Crippen LogP contribution is 2.29. The van der Waals surface area contributed by atoms with Gasteiger partial charge in [0.1, 0.15) is 13.1 Å². The lowest BCUT2D eigenvalue weighted by molar-refractivity contribution is -0.926. The van der Waals surface area contributed by atoms with Crippen LogP contribution in [0, 0.1) is 5.82 Å². The van der Waals surface area contributed by atoms with Crippen molar-refractivity contribution in [1.29, 1.82) is 0 Å². The van der Waals surface area contributed by atoms with Gasteiger partial charge >= 0.3 is 0 Å². The summed E-state index contributed by atoms with van der Waals surface area (Å²) in [5, 5.41) is 0.432. The van der Waals surface area contributed by atoms with Gasteiger partial charge in [-0.15, -0.1) is 0 Å². The molecule has 1 atom stereocenters. The predicted molar refractivity (Wildman–Crippen MR) is 107 cm³/mol. The first kappa shape index (κ1) is 20.6. The van der Waals surface area contributed by atoms with Crippen molar-refractivity contribution < 1.29 is 23.5 Å². The second-order valence-electron chi connectivity index (χ2n) is 6.66. The van der Waals surface area contributed by atoms with Crippen molar-refractivity contribution >= 4 is 10.9 Å². The molecule has 3 rings (SSSR count). The lowest BCUT2D eigenvalue weighted by Gasteiger charge is -2.18. The molecule has 0 saturated heterocycles. The van der Waals surface area contributed by atoms with Gasteiger partial charge in [-0.3, -0.25) is 4.79 Å². The Morgan fingerprint density at radius 2 is 1.69 bits per heavy atom. The van der Waals surface area contributed by atoms with Gasteiger partial charge in [-0.05, 0) is 31.2 Å². The summed E-state index contributed by atoms with van der Waals surface area (Å²) < 4.78 is 29.5. The fourth-order valence-electron chi connectivity index (χ4n) is 3.26. The number of halogens is 1. The van der Waals surface area contributed by atoms with Crippen molar-refractivity contribution in [1.82, 2.24) is 9.97 Å².